The van der Waals surface area contributed by atoms with Crippen molar-refractivity contribution in [2.24, 2.45) is 0 Å². The van der Waals surface area contributed by atoms with Crippen LogP contribution in [0.3, 0.4) is 0 Å². The number of hydrogen-bond acceptors (Lipinski definition) is 4. The number of carbonyl (C=O) groups is 1. The lowest BCUT2D eigenvalue weighted by atomic mass is 9.76. The van der Waals surface area contributed by atoms with Crippen molar-refractivity contribution in [1.82, 2.24) is 9.80 Å². The average molecular weight is 413 g/mol. The van der Waals surface area contributed by atoms with Crippen LogP contribution in [0.5, 0.6) is 0 Å². The first kappa shape index (κ1) is 19.5. The van der Waals surface area contributed by atoms with Crippen molar-refractivity contribution in [3.63, 3.8) is 0 Å². The van der Waals surface area contributed by atoms with Gasteiger partial charge in [0.1, 0.15) is 0 Å². The number of benzene rings is 1. The number of hydrogen-bond donors (Lipinski definition) is 0. The van der Waals surface area contributed by atoms with Crippen LogP contribution in [0.2, 0.25) is 0 Å². The molecule has 3 atom stereocenters. The van der Waals surface area contributed by atoms with Crippen molar-refractivity contribution in [3.8, 4) is 0 Å². The molecule has 0 unspecified atom stereocenters. The Morgan fingerprint density at radius 3 is 2.90 bits per heavy atom. The third kappa shape index (κ3) is 3.73. The smallest absolute Gasteiger partial charge is 0.227 e. The van der Waals surface area contributed by atoms with E-state index in [0.717, 1.165) is 37.9 Å². The molecule has 1 saturated carbocycles. The van der Waals surface area contributed by atoms with E-state index in [9.17, 15) is 4.79 Å². The first-order chi connectivity index (χ1) is 14.2. The maximum absolute atomic E-state index is 13.4. The van der Waals surface area contributed by atoms with Crippen molar-refractivity contribution < 1.29 is 9.53 Å². The normalized spacial score (nSPS) is 30.4. The number of amides is 1. The van der Waals surface area contributed by atoms with Gasteiger partial charge in [0.15, 0.2) is 0 Å². The maximum Gasteiger partial charge on any atom is 0.227 e. The molecule has 0 N–H and O–H groups in total. The van der Waals surface area contributed by atoms with Crippen LogP contribution in [-0.4, -0.2) is 60.1 Å². The van der Waals surface area contributed by atoms with Crippen LogP contribution >= 0.6 is 11.3 Å². The fourth-order valence-electron chi connectivity index (χ4n) is 5.91. The molecule has 3 fully saturated rings. The van der Waals surface area contributed by atoms with Crippen molar-refractivity contribution in [2.75, 3.05) is 26.7 Å². The van der Waals surface area contributed by atoms with Gasteiger partial charge in [0.2, 0.25) is 5.91 Å². The summed E-state index contributed by atoms with van der Waals surface area (Å²) >= 11 is 1.75. The second-order valence-corrected chi connectivity index (χ2v) is 10.1. The van der Waals surface area contributed by atoms with Crippen molar-refractivity contribution >= 4 is 27.3 Å². The topological polar surface area (TPSA) is 32.8 Å². The molecular formula is C24H32N2O2S. The van der Waals surface area contributed by atoms with Crippen molar-refractivity contribution in [2.45, 2.75) is 69.1 Å². The van der Waals surface area contributed by atoms with E-state index in [2.05, 4.69) is 39.4 Å². The van der Waals surface area contributed by atoms with E-state index < -0.39 is 0 Å². The Balaban J connectivity index is 1.37. The number of likely N-dealkylation sites (N-methyl/N-ethyl adjacent to an activating group) is 1. The number of ether oxygens (including phenoxy) is 1. The van der Waals surface area contributed by atoms with Crippen LogP contribution < -0.4 is 0 Å². The van der Waals surface area contributed by atoms with Crippen molar-refractivity contribution in [3.05, 3.63) is 35.2 Å². The Labute approximate surface area is 177 Å². The van der Waals surface area contributed by atoms with Crippen LogP contribution in [0.4, 0.5) is 0 Å². The molecule has 1 amide bonds. The van der Waals surface area contributed by atoms with Gasteiger partial charge in [-0.3, -0.25) is 9.69 Å². The third-order valence-corrected chi connectivity index (χ3v) is 8.42. The highest BCUT2D eigenvalue weighted by atomic mass is 32.1. The van der Waals surface area contributed by atoms with Gasteiger partial charge >= 0.3 is 0 Å². The minimum absolute atomic E-state index is 0.0167. The average Bonchev–Trinajstić information content (AvgIpc) is 3.50. The Hall–Kier alpha value is -1.43. The van der Waals surface area contributed by atoms with E-state index in [1.54, 1.807) is 11.3 Å². The first-order valence-electron chi connectivity index (χ1n) is 11.2. The molecule has 2 aliphatic heterocycles. The SMILES string of the molecule is CN(C(=O)Cc1cccc2sccc12)[C@H]1C[C@@]2(CCCO2)CC[C@@H]1N1CCCC1. The number of carbonyl (C=O) groups excluding carboxylic acids is 1. The number of thiophene rings is 1. The Bertz CT molecular complexity index is 867. The maximum atomic E-state index is 13.4. The lowest BCUT2D eigenvalue weighted by Gasteiger charge is -2.48. The summed E-state index contributed by atoms with van der Waals surface area (Å²) in [6, 6.07) is 9.23. The minimum atomic E-state index is 0.0167. The molecule has 5 rings (SSSR count). The van der Waals surface area contributed by atoms with Gasteiger partial charge in [-0.2, -0.15) is 0 Å². The van der Waals surface area contributed by atoms with E-state index in [-0.39, 0.29) is 17.6 Å². The van der Waals surface area contributed by atoms with Crippen LogP contribution in [0, 0.1) is 0 Å². The molecule has 0 bridgehead atoms. The van der Waals surface area contributed by atoms with Gasteiger partial charge in [0.05, 0.1) is 12.0 Å². The fraction of sp³-hybridized carbons (Fsp3) is 0.625. The molecule has 1 aliphatic carbocycles. The molecule has 1 spiro atoms. The largest absolute Gasteiger partial charge is 0.375 e. The molecule has 1 aromatic heterocycles. The summed E-state index contributed by atoms with van der Waals surface area (Å²) in [5, 5.41) is 3.35. The lowest BCUT2D eigenvalue weighted by Crippen LogP contribution is -2.58. The zero-order valence-electron chi connectivity index (χ0n) is 17.4. The molecular weight excluding hydrogens is 380 g/mol. The third-order valence-electron chi connectivity index (χ3n) is 7.53. The van der Waals surface area contributed by atoms with Gasteiger partial charge in [-0.05, 0) is 86.5 Å². The summed E-state index contributed by atoms with van der Waals surface area (Å²) in [5.41, 5.74) is 1.17. The summed E-state index contributed by atoms with van der Waals surface area (Å²) in [6.45, 7) is 3.26. The van der Waals surface area contributed by atoms with Crippen molar-refractivity contribution in [1.29, 1.82) is 0 Å². The predicted molar refractivity (Wildman–Crippen MR) is 118 cm³/mol. The van der Waals surface area contributed by atoms with Crippen LogP contribution in [0.25, 0.3) is 10.1 Å². The molecule has 2 aromatic rings. The Kier molecular flexibility index (Phi) is 5.39. The van der Waals surface area contributed by atoms with Crippen LogP contribution in [0.15, 0.2) is 29.6 Å². The second-order valence-electron chi connectivity index (χ2n) is 9.19. The Morgan fingerprint density at radius 1 is 1.24 bits per heavy atom. The van der Waals surface area contributed by atoms with E-state index in [0.29, 0.717) is 12.5 Å². The monoisotopic (exact) mass is 412 g/mol. The highest BCUT2D eigenvalue weighted by molar-refractivity contribution is 7.17. The highest BCUT2D eigenvalue weighted by Crippen LogP contribution is 2.43. The van der Waals surface area contributed by atoms with E-state index in [1.807, 2.05) is 7.05 Å². The van der Waals surface area contributed by atoms with Crippen LogP contribution in [-0.2, 0) is 16.0 Å². The van der Waals surface area contributed by atoms with Gasteiger partial charge in [-0.15, -0.1) is 11.3 Å². The highest BCUT2D eigenvalue weighted by Gasteiger charge is 2.47. The quantitative estimate of drug-likeness (QED) is 0.743. The molecule has 0 radical (unpaired) electrons. The zero-order valence-corrected chi connectivity index (χ0v) is 18.3. The van der Waals surface area contributed by atoms with E-state index >= 15 is 0 Å². The van der Waals surface area contributed by atoms with Gasteiger partial charge in [0.25, 0.3) is 0 Å². The molecule has 3 heterocycles. The molecule has 156 valence electrons. The lowest BCUT2D eigenvalue weighted by molar-refractivity contribution is -0.137. The van der Waals surface area contributed by atoms with Gasteiger partial charge < -0.3 is 9.64 Å². The Morgan fingerprint density at radius 2 is 2.10 bits per heavy atom. The fourth-order valence-corrected chi connectivity index (χ4v) is 6.75. The zero-order chi connectivity index (χ0) is 19.8. The number of likely N-dealkylation sites (tertiary alicyclic amines) is 1. The molecule has 4 nitrogen and oxygen atoms in total. The van der Waals surface area contributed by atoms with E-state index in [1.165, 1.54) is 42.4 Å². The second kappa shape index (κ2) is 8.01. The van der Waals surface area contributed by atoms with Crippen LogP contribution in [0.1, 0.15) is 50.5 Å². The van der Waals surface area contributed by atoms with Gasteiger partial charge in [-0.25, -0.2) is 0 Å². The number of fused-ring (bicyclic) bond motifs is 1. The summed E-state index contributed by atoms with van der Waals surface area (Å²) in [5.74, 6) is 0.243. The number of nitrogens with zero attached hydrogens (tertiary/aromatic N) is 2. The first-order valence-corrected chi connectivity index (χ1v) is 12.1. The van der Waals surface area contributed by atoms with E-state index in [4.69, 9.17) is 4.74 Å². The minimum Gasteiger partial charge on any atom is -0.375 e. The molecule has 1 aromatic carbocycles. The summed E-state index contributed by atoms with van der Waals surface area (Å²) < 4.78 is 7.53. The van der Waals surface area contributed by atoms with Gasteiger partial charge in [0, 0.05) is 30.4 Å². The summed E-state index contributed by atoms with van der Waals surface area (Å²) in [6.07, 6.45) is 8.71. The molecule has 29 heavy (non-hydrogen) atoms. The standard InChI is InChI=1S/C24H32N2O2S/c1-25(23(27)16-18-6-4-7-22-19(18)9-15-29-22)21-17-24(10-5-14-28-24)11-8-20(21)26-12-2-3-13-26/h4,6-7,9,15,20-21H,2-3,5,8,10-14,16-17H2,1H3/t20-,21-,24+/m0/s1. The predicted octanol–water partition coefficient (Wildman–Crippen LogP) is 4.47. The summed E-state index contributed by atoms with van der Waals surface area (Å²) in [7, 11) is 2.04. The molecule has 2 saturated heterocycles. The summed E-state index contributed by atoms with van der Waals surface area (Å²) in [4.78, 5) is 18.1. The number of rotatable bonds is 4. The molecule has 3 aliphatic rings. The molecule has 5 heteroatoms. The van der Waals surface area contributed by atoms with Gasteiger partial charge in [-0.1, -0.05) is 12.1 Å².